The lowest BCUT2D eigenvalue weighted by Crippen LogP contribution is -2.22. The molecule has 0 aromatic heterocycles. The van der Waals surface area contributed by atoms with Crippen LogP contribution in [-0.4, -0.2) is 10.2 Å². The monoisotopic (exact) mass is 410 g/mol. The quantitative estimate of drug-likeness (QED) is 0.225. The zero-order chi connectivity index (χ0) is 22.7. The number of hydrogen-bond acceptors (Lipinski definition) is 4. The van der Waals surface area contributed by atoms with Crippen molar-refractivity contribution in [2.24, 2.45) is 10.8 Å². The number of allylic oxidation sites excluding steroid dienone is 2. The molecule has 2 aromatic carbocycles. The molecule has 0 fully saturated rings. The van der Waals surface area contributed by atoms with E-state index >= 15 is 0 Å². The summed E-state index contributed by atoms with van der Waals surface area (Å²) in [4.78, 5) is 0. The number of benzene rings is 2. The molecular formula is C26H38N2O2. The molecule has 0 saturated heterocycles. The van der Waals surface area contributed by atoms with E-state index < -0.39 is 0 Å². The molecule has 0 saturated carbocycles. The Kier molecular flexibility index (Phi) is 7.12. The summed E-state index contributed by atoms with van der Waals surface area (Å²) in [5.74, 6) is 0.779. The first-order valence-electron chi connectivity index (χ1n) is 10.8. The predicted octanol–water partition coefficient (Wildman–Crippen LogP) is 6.56. The van der Waals surface area contributed by atoms with Gasteiger partial charge in [0.2, 0.25) is 0 Å². The van der Waals surface area contributed by atoms with Crippen LogP contribution in [0.4, 0.5) is 11.4 Å². The molecule has 6 N–H and O–H groups in total. The van der Waals surface area contributed by atoms with Crippen molar-refractivity contribution >= 4 is 11.4 Å². The summed E-state index contributed by atoms with van der Waals surface area (Å²) < 4.78 is 0. The maximum absolute atomic E-state index is 10.0. The minimum absolute atomic E-state index is 0.0103. The SMILES string of the molecule is CCC(C)(/C=C/CC(C)(C)C(C)c1ccc(N)c(O)c1)C(C)c1ccc(N)c(O)c1. The van der Waals surface area contributed by atoms with Gasteiger partial charge >= 0.3 is 0 Å². The highest BCUT2D eigenvalue weighted by molar-refractivity contribution is 5.54. The maximum Gasteiger partial charge on any atom is 0.138 e. The Bertz CT molecular complexity index is 904. The van der Waals surface area contributed by atoms with Crippen molar-refractivity contribution < 1.29 is 10.2 Å². The van der Waals surface area contributed by atoms with E-state index in [1.807, 2.05) is 12.1 Å². The summed E-state index contributed by atoms with van der Waals surface area (Å²) in [6.07, 6.45) is 6.50. The highest BCUT2D eigenvalue weighted by Crippen LogP contribution is 2.43. The minimum Gasteiger partial charge on any atom is -0.506 e. The van der Waals surface area contributed by atoms with Gasteiger partial charge in [0.1, 0.15) is 11.5 Å². The van der Waals surface area contributed by atoms with Gasteiger partial charge in [-0.2, -0.15) is 0 Å². The van der Waals surface area contributed by atoms with Crippen molar-refractivity contribution in [2.75, 3.05) is 11.5 Å². The van der Waals surface area contributed by atoms with Gasteiger partial charge in [0, 0.05) is 0 Å². The predicted molar refractivity (Wildman–Crippen MR) is 128 cm³/mol. The molecule has 0 spiro atoms. The average molecular weight is 411 g/mol. The molecule has 30 heavy (non-hydrogen) atoms. The Balaban J connectivity index is 2.18. The third-order valence-electron chi connectivity index (χ3n) is 7.17. The Morgan fingerprint density at radius 1 is 0.867 bits per heavy atom. The Hall–Kier alpha value is -2.62. The van der Waals surface area contributed by atoms with Crippen molar-refractivity contribution in [2.45, 2.75) is 66.2 Å². The van der Waals surface area contributed by atoms with E-state index in [1.165, 1.54) is 0 Å². The summed E-state index contributed by atoms with van der Waals surface area (Å²) >= 11 is 0. The number of anilines is 2. The smallest absolute Gasteiger partial charge is 0.138 e. The van der Waals surface area contributed by atoms with Crippen molar-refractivity contribution in [1.82, 2.24) is 0 Å². The van der Waals surface area contributed by atoms with Crippen LogP contribution in [0.15, 0.2) is 48.6 Å². The standard InChI is InChI=1S/C26H38N2O2/c1-7-26(6,18(3)20-10-12-22(28)24(30)16-20)14-8-13-25(4,5)17(2)19-9-11-21(27)23(29)15-19/h8-12,14-18,29-30H,7,13,27-28H2,1-6H3/b14-8+. The van der Waals surface area contributed by atoms with Gasteiger partial charge in [0.15, 0.2) is 0 Å². The molecule has 0 bridgehead atoms. The van der Waals surface area contributed by atoms with Crippen LogP contribution >= 0.6 is 0 Å². The highest BCUT2D eigenvalue weighted by Gasteiger charge is 2.30. The van der Waals surface area contributed by atoms with E-state index in [0.29, 0.717) is 11.4 Å². The minimum atomic E-state index is -0.0403. The second-order valence-electron chi connectivity index (χ2n) is 9.53. The Labute approximate surface area is 181 Å². The molecule has 2 rings (SSSR count). The molecule has 0 aliphatic heterocycles. The molecule has 0 aliphatic carbocycles. The van der Waals surface area contributed by atoms with Crippen molar-refractivity contribution in [1.29, 1.82) is 0 Å². The molecule has 0 aliphatic rings. The Morgan fingerprint density at radius 3 is 1.77 bits per heavy atom. The van der Waals surface area contributed by atoms with Crippen LogP contribution in [0.3, 0.4) is 0 Å². The molecule has 4 nitrogen and oxygen atoms in total. The van der Waals surface area contributed by atoms with Crippen LogP contribution < -0.4 is 11.5 Å². The highest BCUT2D eigenvalue weighted by atomic mass is 16.3. The van der Waals surface area contributed by atoms with E-state index in [0.717, 1.165) is 24.0 Å². The zero-order valence-electron chi connectivity index (χ0n) is 19.2. The van der Waals surface area contributed by atoms with Gasteiger partial charge in [-0.3, -0.25) is 0 Å². The average Bonchev–Trinajstić information content (AvgIpc) is 2.70. The van der Waals surface area contributed by atoms with Crippen LogP contribution in [-0.2, 0) is 0 Å². The number of rotatable bonds is 8. The van der Waals surface area contributed by atoms with E-state index in [-0.39, 0.29) is 34.2 Å². The molecule has 2 aromatic rings. The summed E-state index contributed by atoms with van der Waals surface area (Å²) in [6, 6.07) is 11.1. The number of phenolic OH excluding ortho intramolecular Hbond substituents is 2. The van der Waals surface area contributed by atoms with Crippen LogP contribution in [0.25, 0.3) is 0 Å². The molecule has 3 atom stereocenters. The largest absolute Gasteiger partial charge is 0.506 e. The third-order valence-corrected chi connectivity index (χ3v) is 7.17. The molecule has 164 valence electrons. The summed E-state index contributed by atoms with van der Waals surface area (Å²) in [5.41, 5.74) is 14.5. The Morgan fingerprint density at radius 2 is 1.33 bits per heavy atom. The van der Waals surface area contributed by atoms with Gasteiger partial charge in [-0.05, 0) is 70.9 Å². The van der Waals surface area contributed by atoms with Crippen LogP contribution in [0.1, 0.15) is 77.3 Å². The number of nitrogens with two attached hydrogens (primary N) is 2. The fourth-order valence-electron chi connectivity index (χ4n) is 3.87. The first-order valence-corrected chi connectivity index (χ1v) is 10.8. The van der Waals surface area contributed by atoms with E-state index in [2.05, 4.69) is 53.7 Å². The molecule has 0 amide bonds. The number of aromatic hydroxyl groups is 2. The molecule has 0 radical (unpaired) electrons. The van der Waals surface area contributed by atoms with Gasteiger partial charge in [-0.15, -0.1) is 0 Å². The first-order chi connectivity index (χ1) is 13.9. The lowest BCUT2D eigenvalue weighted by Gasteiger charge is -2.34. The first kappa shape index (κ1) is 23.7. The van der Waals surface area contributed by atoms with Gasteiger partial charge in [0.05, 0.1) is 11.4 Å². The summed E-state index contributed by atoms with van der Waals surface area (Å²) in [6.45, 7) is 13.3. The van der Waals surface area contributed by atoms with Crippen molar-refractivity contribution in [3.8, 4) is 11.5 Å². The van der Waals surface area contributed by atoms with E-state index in [1.54, 1.807) is 24.3 Å². The van der Waals surface area contributed by atoms with Crippen LogP contribution in [0, 0.1) is 10.8 Å². The second kappa shape index (κ2) is 9.03. The fourth-order valence-corrected chi connectivity index (χ4v) is 3.87. The molecule has 0 heterocycles. The molecule has 3 unspecified atom stereocenters. The van der Waals surface area contributed by atoms with Gasteiger partial charge < -0.3 is 21.7 Å². The normalized spacial score (nSPS) is 16.3. The van der Waals surface area contributed by atoms with Gasteiger partial charge in [0.25, 0.3) is 0 Å². The summed E-state index contributed by atoms with van der Waals surface area (Å²) in [7, 11) is 0. The van der Waals surface area contributed by atoms with E-state index in [9.17, 15) is 10.2 Å². The lowest BCUT2D eigenvalue weighted by atomic mass is 9.70. The number of nitrogen functional groups attached to an aromatic ring is 2. The topological polar surface area (TPSA) is 92.5 Å². The maximum atomic E-state index is 10.0. The van der Waals surface area contributed by atoms with Crippen molar-refractivity contribution in [3.05, 3.63) is 59.7 Å². The zero-order valence-corrected chi connectivity index (χ0v) is 19.2. The van der Waals surface area contributed by atoms with Gasteiger partial charge in [-0.25, -0.2) is 0 Å². The van der Waals surface area contributed by atoms with Crippen LogP contribution in [0.2, 0.25) is 0 Å². The van der Waals surface area contributed by atoms with E-state index in [4.69, 9.17) is 11.5 Å². The third kappa shape index (κ3) is 5.10. The number of hydrogen-bond donors (Lipinski definition) is 4. The fraction of sp³-hybridized carbons (Fsp3) is 0.462. The van der Waals surface area contributed by atoms with Crippen molar-refractivity contribution in [3.63, 3.8) is 0 Å². The second-order valence-corrected chi connectivity index (χ2v) is 9.53. The lowest BCUT2D eigenvalue weighted by molar-refractivity contribution is 0.298. The van der Waals surface area contributed by atoms with Gasteiger partial charge in [-0.1, -0.05) is 65.8 Å². The molecule has 4 heteroatoms. The summed E-state index contributed by atoms with van der Waals surface area (Å²) in [5, 5.41) is 20.0. The number of phenols is 2. The molecular weight excluding hydrogens is 372 g/mol. The van der Waals surface area contributed by atoms with Crippen LogP contribution in [0.5, 0.6) is 11.5 Å².